The Bertz CT molecular complexity index is 3140. The fraction of sp³-hybridized carbons (Fsp3) is 0. The molecule has 0 spiro atoms. The number of hydrogen-bond acceptors (Lipinski definition) is 1. The summed E-state index contributed by atoms with van der Waals surface area (Å²) in [5.74, 6) is 0. The topological polar surface area (TPSA) is 12.9 Å². The van der Waals surface area contributed by atoms with Gasteiger partial charge in [-0.3, -0.25) is 4.98 Å². The second kappa shape index (κ2) is 11.3. The summed E-state index contributed by atoms with van der Waals surface area (Å²) in [7, 11) is 0. The van der Waals surface area contributed by atoms with Gasteiger partial charge in [-0.1, -0.05) is 164 Å². The smallest absolute Gasteiger partial charge is 0.0714 e. The van der Waals surface area contributed by atoms with Crippen LogP contribution in [0.3, 0.4) is 0 Å². The van der Waals surface area contributed by atoms with E-state index in [0.29, 0.717) is 0 Å². The Morgan fingerprint density at radius 1 is 0.288 bits per heavy atom. The van der Waals surface area contributed by atoms with Crippen LogP contribution in [-0.4, -0.2) is 4.98 Å². The number of benzene rings is 10. The van der Waals surface area contributed by atoms with Gasteiger partial charge in [0, 0.05) is 11.8 Å². The molecule has 1 nitrogen and oxygen atoms in total. The van der Waals surface area contributed by atoms with E-state index in [2.05, 4.69) is 176 Å². The van der Waals surface area contributed by atoms with Gasteiger partial charge in [0.15, 0.2) is 0 Å². The van der Waals surface area contributed by atoms with Crippen LogP contribution in [0, 0.1) is 0 Å². The van der Waals surface area contributed by atoms with Crippen molar-refractivity contribution in [2.45, 2.75) is 0 Å². The summed E-state index contributed by atoms with van der Waals surface area (Å²) in [6, 6.07) is 66.8. The molecule has 11 rings (SSSR count). The van der Waals surface area contributed by atoms with Crippen LogP contribution in [0.5, 0.6) is 0 Å². The van der Waals surface area contributed by atoms with Gasteiger partial charge in [0.2, 0.25) is 0 Å². The molecule has 0 fully saturated rings. The van der Waals surface area contributed by atoms with E-state index in [1.165, 1.54) is 104 Å². The van der Waals surface area contributed by atoms with E-state index in [0.717, 1.165) is 5.69 Å². The molecule has 0 aliphatic rings. The average Bonchev–Trinajstić information content (AvgIpc) is 3.22. The van der Waals surface area contributed by atoms with Gasteiger partial charge >= 0.3 is 0 Å². The molecular formula is C51H31N. The molecule has 0 atom stereocenters. The number of nitrogens with zero attached hydrogens (tertiary/aromatic N) is 1. The summed E-state index contributed by atoms with van der Waals surface area (Å²) in [5.41, 5.74) is 9.55. The van der Waals surface area contributed by atoms with Crippen LogP contribution in [-0.2, 0) is 0 Å². The van der Waals surface area contributed by atoms with Crippen LogP contribution < -0.4 is 0 Å². The average molecular weight is 658 g/mol. The van der Waals surface area contributed by atoms with Gasteiger partial charge in [-0.25, -0.2) is 0 Å². The minimum atomic E-state index is 0.981. The van der Waals surface area contributed by atoms with Crippen LogP contribution in [0.1, 0.15) is 0 Å². The van der Waals surface area contributed by atoms with E-state index in [9.17, 15) is 0 Å². The lowest BCUT2D eigenvalue weighted by molar-refractivity contribution is 1.34. The summed E-state index contributed by atoms with van der Waals surface area (Å²) in [4.78, 5) is 4.90. The predicted molar refractivity (Wildman–Crippen MR) is 222 cm³/mol. The first-order valence-corrected chi connectivity index (χ1v) is 18.0. The standard InChI is InChI=1S/C51H31N/c1-2-11-32(12-3-1)36-26-29-45-46(31-36)51(47-21-6-7-30-52-47)43-16-5-4-15-42(43)50(45)41-20-10-18-37-38(17-9-19-39(37)41)40-27-24-35-23-22-33-13-8-14-34-25-28-44(40)49(35)48(33)34/h1-31H. The van der Waals surface area contributed by atoms with Crippen molar-refractivity contribution >= 4 is 64.6 Å². The van der Waals surface area contributed by atoms with Crippen molar-refractivity contribution in [3.63, 3.8) is 0 Å². The molecule has 240 valence electrons. The molecule has 0 aliphatic heterocycles. The highest BCUT2D eigenvalue weighted by atomic mass is 14.7. The van der Waals surface area contributed by atoms with Gasteiger partial charge in [-0.15, -0.1) is 0 Å². The fourth-order valence-electron chi connectivity index (χ4n) is 8.80. The molecule has 0 unspecified atom stereocenters. The van der Waals surface area contributed by atoms with Crippen molar-refractivity contribution in [3.05, 3.63) is 188 Å². The Morgan fingerprint density at radius 3 is 1.65 bits per heavy atom. The highest BCUT2D eigenvalue weighted by molar-refractivity contribution is 6.27. The second-order valence-corrected chi connectivity index (χ2v) is 13.8. The van der Waals surface area contributed by atoms with E-state index in [1.54, 1.807) is 0 Å². The molecule has 52 heavy (non-hydrogen) atoms. The molecule has 1 aromatic heterocycles. The molecular weight excluding hydrogens is 627 g/mol. The lowest BCUT2D eigenvalue weighted by Gasteiger charge is -2.20. The summed E-state index contributed by atoms with van der Waals surface area (Å²) in [6.07, 6.45) is 1.90. The van der Waals surface area contributed by atoms with Gasteiger partial charge in [0.25, 0.3) is 0 Å². The largest absolute Gasteiger partial charge is 0.256 e. The Hall–Kier alpha value is -6.83. The number of aromatic nitrogens is 1. The quantitative estimate of drug-likeness (QED) is 0.136. The molecule has 0 N–H and O–H groups in total. The van der Waals surface area contributed by atoms with Crippen molar-refractivity contribution < 1.29 is 0 Å². The van der Waals surface area contributed by atoms with Crippen molar-refractivity contribution in [1.82, 2.24) is 4.98 Å². The summed E-state index contributed by atoms with van der Waals surface area (Å²) in [6.45, 7) is 0. The molecule has 0 radical (unpaired) electrons. The molecule has 1 heterocycles. The fourth-order valence-corrected chi connectivity index (χ4v) is 8.80. The molecule has 1 heteroatoms. The van der Waals surface area contributed by atoms with E-state index in [1.807, 2.05) is 12.3 Å². The van der Waals surface area contributed by atoms with Gasteiger partial charge in [0.05, 0.1) is 5.69 Å². The van der Waals surface area contributed by atoms with Crippen LogP contribution in [0.4, 0.5) is 0 Å². The number of pyridine rings is 1. The van der Waals surface area contributed by atoms with Crippen LogP contribution in [0.2, 0.25) is 0 Å². The lowest BCUT2D eigenvalue weighted by atomic mass is 9.83. The Labute approximate surface area is 301 Å². The third-order valence-corrected chi connectivity index (χ3v) is 11.1. The Morgan fingerprint density at radius 2 is 0.865 bits per heavy atom. The first-order chi connectivity index (χ1) is 25.8. The monoisotopic (exact) mass is 657 g/mol. The van der Waals surface area contributed by atoms with Crippen LogP contribution in [0.15, 0.2) is 188 Å². The summed E-state index contributed by atoms with van der Waals surface area (Å²) < 4.78 is 0. The van der Waals surface area contributed by atoms with Crippen LogP contribution >= 0.6 is 0 Å². The normalized spacial score (nSPS) is 11.8. The van der Waals surface area contributed by atoms with E-state index in [-0.39, 0.29) is 0 Å². The minimum Gasteiger partial charge on any atom is -0.256 e. The van der Waals surface area contributed by atoms with Crippen molar-refractivity contribution in [3.8, 4) is 44.6 Å². The number of hydrogen-bond donors (Lipinski definition) is 0. The number of fused-ring (bicyclic) bond motifs is 3. The Kier molecular flexibility index (Phi) is 6.32. The Balaban J connectivity index is 1.22. The first-order valence-electron chi connectivity index (χ1n) is 18.0. The van der Waals surface area contributed by atoms with Gasteiger partial charge in [-0.2, -0.15) is 0 Å². The number of rotatable bonds is 4. The summed E-state index contributed by atoms with van der Waals surface area (Å²) >= 11 is 0. The summed E-state index contributed by atoms with van der Waals surface area (Å²) in [5, 5.41) is 15.2. The van der Waals surface area contributed by atoms with Crippen LogP contribution in [0.25, 0.3) is 109 Å². The maximum atomic E-state index is 4.90. The van der Waals surface area contributed by atoms with Crippen molar-refractivity contribution in [2.24, 2.45) is 0 Å². The molecule has 0 bridgehead atoms. The zero-order valence-electron chi connectivity index (χ0n) is 28.3. The van der Waals surface area contributed by atoms with E-state index >= 15 is 0 Å². The third kappa shape index (κ3) is 4.26. The van der Waals surface area contributed by atoms with Gasteiger partial charge in [-0.05, 0) is 116 Å². The second-order valence-electron chi connectivity index (χ2n) is 13.8. The van der Waals surface area contributed by atoms with E-state index < -0.39 is 0 Å². The zero-order valence-corrected chi connectivity index (χ0v) is 28.3. The minimum absolute atomic E-state index is 0.981. The molecule has 0 amide bonds. The van der Waals surface area contributed by atoms with Gasteiger partial charge < -0.3 is 0 Å². The highest BCUT2D eigenvalue weighted by Gasteiger charge is 2.20. The molecule has 11 aromatic rings. The highest BCUT2D eigenvalue weighted by Crippen LogP contribution is 2.47. The SMILES string of the molecule is c1ccc(-c2ccc3c(-c4cccc5c(-c6ccc7ccc8cccc9ccc6c7c89)cccc45)c4ccccc4c(-c4ccccn4)c3c2)cc1. The maximum absolute atomic E-state index is 4.90. The van der Waals surface area contributed by atoms with Crippen molar-refractivity contribution in [1.29, 1.82) is 0 Å². The zero-order chi connectivity index (χ0) is 34.2. The molecule has 0 saturated heterocycles. The van der Waals surface area contributed by atoms with Crippen molar-refractivity contribution in [2.75, 3.05) is 0 Å². The third-order valence-electron chi connectivity index (χ3n) is 11.1. The molecule has 10 aromatic carbocycles. The predicted octanol–water partition coefficient (Wildman–Crippen LogP) is 14.1. The maximum Gasteiger partial charge on any atom is 0.0714 e. The molecule has 0 saturated carbocycles. The lowest BCUT2D eigenvalue weighted by Crippen LogP contribution is -1.94. The first kappa shape index (κ1) is 29.0. The molecule has 0 aliphatic carbocycles. The van der Waals surface area contributed by atoms with Gasteiger partial charge in [0.1, 0.15) is 0 Å². The van der Waals surface area contributed by atoms with E-state index in [4.69, 9.17) is 4.98 Å².